The second kappa shape index (κ2) is 25.7. The van der Waals surface area contributed by atoms with Gasteiger partial charge in [0.2, 0.25) is 11.6 Å². The van der Waals surface area contributed by atoms with E-state index >= 15 is 0 Å². The monoisotopic (exact) mass is 1050 g/mol. The van der Waals surface area contributed by atoms with Crippen LogP contribution in [0.15, 0.2) is 72.4 Å². The van der Waals surface area contributed by atoms with Crippen molar-refractivity contribution in [3.8, 4) is 45.6 Å². The van der Waals surface area contributed by atoms with E-state index < -0.39 is 23.1 Å². The number of aromatic hydroxyl groups is 2. The van der Waals surface area contributed by atoms with E-state index in [9.17, 15) is 30.0 Å². The maximum atomic E-state index is 14.4. The molecule has 18 heteroatoms. The highest BCUT2D eigenvalue weighted by atomic mass is 16.6. The summed E-state index contributed by atoms with van der Waals surface area (Å²) in [5, 5.41) is 55.0. The van der Waals surface area contributed by atoms with Gasteiger partial charge in [0, 0.05) is 69.3 Å². The van der Waals surface area contributed by atoms with Crippen molar-refractivity contribution in [2.45, 2.75) is 41.5 Å². The molecule has 0 amide bonds. The van der Waals surface area contributed by atoms with Gasteiger partial charge < -0.3 is 78.4 Å². The van der Waals surface area contributed by atoms with Crippen LogP contribution in [0.4, 0.5) is 11.4 Å². The van der Waals surface area contributed by atoms with Gasteiger partial charge in [-0.3, -0.25) is 9.59 Å². The highest BCUT2D eigenvalue weighted by Crippen LogP contribution is 2.54. The van der Waals surface area contributed by atoms with Crippen LogP contribution >= 0.6 is 0 Å². The van der Waals surface area contributed by atoms with Crippen molar-refractivity contribution in [1.82, 2.24) is 0 Å². The number of ketones is 2. The molecule has 4 aliphatic rings. The number of nitrogens with one attached hydrogen (secondary N) is 2. The second-order valence-corrected chi connectivity index (χ2v) is 19.0. The van der Waals surface area contributed by atoms with Crippen molar-refractivity contribution in [3.63, 3.8) is 0 Å². The van der Waals surface area contributed by atoms with E-state index in [2.05, 4.69) is 10.6 Å². The molecule has 0 bridgehead atoms. The number of aliphatic hydroxyl groups excluding tert-OH is 2. The highest BCUT2D eigenvalue weighted by Gasteiger charge is 2.39. The molecule has 6 N–H and O–H groups in total. The summed E-state index contributed by atoms with van der Waals surface area (Å²) >= 11 is 0. The van der Waals surface area contributed by atoms with Gasteiger partial charge in [0.15, 0.2) is 34.5 Å². The zero-order chi connectivity index (χ0) is 53.9. The van der Waals surface area contributed by atoms with Crippen LogP contribution in [-0.4, -0.2) is 138 Å². The number of allylic oxidation sites excluding steroid dienone is 4. The molecule has 4 aromatic rings. The summed E-state index contributed by atoms with van der Waals surface area (Å²) in [5.41, 5.74) is 4.04. The number of benzene rings is 4. The fraction of sp³-hybridized carbons (Fsp3) is 0.414. The molecule has 0 aromatic heterocycles. The SMILES string of the molecule is Cc1cc2c(c(O)c1-c1c(C)cc3c(c1O)/C(=C/Nc1ccc4c(c1)OCCOCCOCCOCCO4)C(=O)C(O)=C3C(C)C)/C(=C/Nc1ccc3c(c1)OCCOCCOCCOCCO3)C(=O)C(O)=C2C(C)C. The van der Waals surface area contributed by atoms with Crippen LogP contribution in [0.5, 0.6) is 34.5 Å². The molecular formula is C58H68N2O16. The average Bonchev–Trinajstić information content (AvgIpc) is 3.46. The van der Waals surface area contributed by atoms with Gasteiger partial charge in [-0.15, -0.1) is 0 Å². The number of carbonyl (C=O) groups excluding carboxylic acids is 2. The fourth-order valence-corrected chi connectivity index (χ4v) is 9.52. The summed E-state index contributed by atoms with van der Waals surface area (Å²) in [7, 11) is 0. The first kappa shape index (κ1) is 55.2. The van der Waals surface area contributed by atoms with Crippen LogP contribution in [0, 0.1) is 25.7 Å². The molecule has 18 nitrogen and oxygen atoms in total. The Kier molecular flexibility index (Phi) is 18.6. The van der Waals surface area contributed by atoms with Crippen molar-refractivity contribution in [1.29, 1.82) is 0 Å². The zero-order valence-electron chi connectivity index (χ0n) is 43.9. The molecule has 0 spiro atoms. The van der Waals surface area contributed by atoms with Crippen molar-refractivity contribution < 1.29 is 77.4 Å². The Morgan fingerprint density at radius 3 is 1.04 bits per heavy atom. The van der Waals surface area contributed by atoms with Crippen LogP contribution in [0.3, 0.4) is 0 Å². The van der Waals surface area contributed by atoms with Gasteiger partial charge in [0.05, 0.1) is 90.4 Å². The third kappa shape index (κ3) is 12.4. The number of hydrogen-bond acceptors (Lipinski definition) is 18. The quantitative estimate of drug-likeness (QED) is 0.0949. The summed E-state index contributed by atoms with van der Waals surface area (Å²) in [6.07, 6.45) is 2.83. The minimum Gasteiger partial charge on any atom is -0.507 e. The van der Waals surface area contributed by atoms with Gasteiger partial charge in [-0.1, -0.05) is 39.8 Å². The zero-order valence-corrected chi connectivity index (χ0v) is 43.9. The molecule has 0 radical (unpaired) electrons. The summed E-state index contributed by atoms with van der Waals surface area (Å²) in [6.45, 7) is 16.4. The van der Waals surface area contributed by atoms with Gasteiger partial charge in [0.1, 0.15) is 37.9 Å². The lowest BCUT2D eigenvalue weighted by atomic mass is 9.75. The van der Waals surface area contributed by atoms with Crippen LogP contribution < -0.4 is 29.6 Å². The number of Topliss-reactive ketones (excluding diaryl/α,β-unsaturated/α-hetero) is 2. The fourth-order valence-electron chi connectivity index (χ4n) is 9.52. The number of ether oxygens (including phenoxy) is 10. The number of anilines is 2. The van der Waals surface area contributed by atoms with E-state index in [1.54, 1.807) is 62.4 Å². The van der Waals surface area contributed by atoms with Crippen molar-refractivity contribution in [3.05, 3.63) is 106 Å². The maximum absolute atomic E-state index is 14.4. The third-order valence-electron chi connectivity index (χ3n) is 13.0. The predicted octanol–water partition coefficient (Wildman–Crippen LogP) is 8.95. The Labute approximate surface area is 442 Å². The molecule has 0 unspecified atom stereocenters. The minimum atomic E-state index is -0.736. The predicted molar refractivity (Wildman–Crippen MR) is 286 cm³/mol. The molecule has 2 aliphatic heterocycles. The van der Waals surface area contributed by atoms with E-state index in [0.717, 1.165) is 0 Å². The number of aryl methyl sites for hydroxylation is 2. The number of carbonyl (C=O) groups is 2. The topological polar surface area (TPSA) is 231 Å². The molecule has 8 rings (SSSR count). The molecule has 406 valence electrons. The smallest absolute Gasteiger partial charge is 0.229 e. The van der Waals surface area contributed by atoms with Gasteiger partial charge in [-0.25, -0.2) is 0 Å². The van der Waals surface area contributed by atoms with E-state index in [0.29, 0.717) is 147 Å². The maximum Gasteiger partial charge on any atom is 0.229 e. The number of hydrogen-bond donors (Lipinski definition) is 6. The van der Waals surface area contributed by atoms with Crippen LogP contribution in [0.2, 0.25) is 0 Å². The molecular weight excluding hydrogens is 981 g/mol. The number of phenols is 2. The summed E-state index contributed by atoms with van der Waals surface area (Å²) < 4.78 is 57.7. The standard InChI is InChI=1S/C58H68N2O16/c1-33(2)47-39-27-35(5)49(55(63)51(39)41(53(61)57(47)65)31-59-37-7-9-43-45(29-37)75-25-21-71-17-13-67-11-15-69-19-23-73-43)50-36(6)28-40-48(34(3)4)58(66)54(62)42(52(40)56(50)64)32-60-38-8-10-44-46(30-38)76-26-22-72-18-14-68-12-16-70-20-24-74-44/h7-10,27-34,59-60,63-66H,11-26H2,1-6H3/b41-31-,42-32-. The van der Waals surface area contributed by atoms with Crippen LogP contribution in [-0.2, 0) is 38.0 Å². The van der Waals surface area contributed by atoms with Crippen molar-refractivity contribution >= 4 is 45.2 Å². The van der Waals surface area contributed by atoms with E-state index in [1.807, 2.05) is 27.7 Å². The molecule has 0 atom stereocenters. The Morgan fingerprint density at radius 2 is 0.724 bits per heavy atom. The number of phenolic OH excluding ortho intramolecular Hbond substituents is 2. The molecule has 2 heterocycles. The summed E-state index contributed by atoms with van der Waals surface area (Å²) in [4.78, 5) is 28.8. The van der Waals surface area contributed by atoms with E-state index in [1.165, 1.54) is 12.4 Å². The number of aliphatic hydroxyl groups is 2. The Bertz CT molecular complexity index is 2720. The van der Waals surface area contributed by atoms with Crippen LogP contribution in [0.25, 0.3) is 33.4 Å². The Balaban J connectivity index is 1.19. The first-order valence-corrected chi connectivity index (χ1v) is 25.7. The molecule has 0 fully saturated rings. The molecule has 0 saturated carbocycles. The highest BCUT2D eigenvalue weighted by molar-refractivity contribution is 6.35. The largest absolute Gasteiger partial charge is 0.507 e. The lowest BCUT2D eigenvalue weighted by molar-refractivity contribution is -0.113. The third-order valence-corrected chi connectivity index (χ3v) is 13.0. The summed E-state index contributed by atoms with van der Waals surface area (Å²) in [6, 6.07) is 13.9. The lowest BCUT2D eigenvalue weighted by Gasteiger charge is -2.29. The minimum absolute atomic E-state index is 0.0541. The Morgan fingerprint density at radius 1 is 0.421 bits per heavy atom. The first-order chi connectivity index (χ1) is 36.8. The van der Waals surface area contributed by atoms with E-state index in [-0.39, 0.29) is 83.2 Å². The Hall–Kier alpha value is -7.06. The van der Waals surface area contributed by atoms with E-state index in [4.69, 9.17) is 47.4 Å². The average molecular weight is 1050 g/mol. The first-order valence-electron chi connectivity index (χ1n) is 25.7. The van der Waals surface area contributed by atoms with Gasteiger partial charge in [-0.05, 0) is 72.2 Å². The number of rotatable bonds is 7. The normalized spacial score (nSPS) is 18.9. The summed E-state index contributed by atoms with van der Waals surface area (Å²) in [5.74, 6) is -2.05. The lowest BCUT2D eigenvalue weighted by Crippen LogP contribution is -2.20. The van der Waals surface area contributed by atoms with Crippen LogP contribution in [0.1, 0.15) is 61.1 Å². The molecule has 0 saturated heterocycles. The molecule has 76 heavy (non-hydrogen) atoms. The van der Waals surface area contributed by atoms with Gasteiger partial charge in [-0.2, -0.15) is 0 Å². The second-order valence-electron chi connectivity index (χ2n) is 19.0. The molecule has 4 aromatic carbocycles. The van der Waals surface area contributed by atoms with Gasteiger partial charge in [0.25, 0.3) is 0 Å². The molecule has 2 aliphatic carbocycles. The van der Waals surface area contributed by atoms with Crippen molar-refractivity contribution in [2.75, 3.05) is 116 Å². The number of fused-ring (bicyclic) bond motifs is 4. The van der Waals surface area contributed by atoms with Crippen molar-refractivity contribution in [2.24, 2.45) is 11.8 Å². The van der Waals surface area contributed by atoms with Gasteiger partial charge >= 0.3 is 0 Å².